The molecule has 1 aliphatic heterocycles. The average Bonchev–Trinajstić information content (AvgIpc) is 2.30. The first-order valence-electron chi connectivity index (χ1n) is 6.47. The Hall–Kier alpha value is -1.09. The van der Waals surface area contributed by atoms with Gasteiger partial charge in [-0.2, -0.15) is 0 Å². The van der Waals surface area contributed by atoms with Gasteiger partial charge in [-0.15, -0.1) is 0 Å². The third-order valence-electron chi connectivity index (χ3n) is 3.49. The Morgan fingerprint density at radius 1 is 1.18 bits per heavy atom. The van der Waals surface area contributed by atoms with Crippen LogP contribution in [0.1, 0.15) is 33.6 Å². The SMILES string of the molecule is CC(C)(C)N1CCC(Nc2ccncc2)CC1. The molecule has 0 radical (unpaired) electrons. The van der Waals surface area contributed by atoms with Gasteiger partial charge in [-0.05, 0) is 45.7 Å². The number of hydrogen-bond donors (Lipinski definition) is 1. The molecule has 1 aliphatic rings. The third-order valence-corrected chi connectivity index (χ3v) is 3.49. The number of pyridine rings is 1. The number of likely N-dealkylation sites (tertiary alicyclic amines) is 1. The van der Waals surface area contributed by atoms with E-state index in [1.54, 1.807) is 0 Å². The standard InChI is InChI=1S/C14H23N3/c1-14(2,3)17-10-6-13(7-11-17)16-12-4-8-15-9-5-12/h4-5,8-9,13H,6-7,10-11H2,1-3H3,(H,15,16). The summed E-state index contributed by atoms with van der Waals surface area (Å²) < 4.78 is 0. The smallest absolute Gasteiger partial charge is 0.0373 e. The minimum atomic E-state index is 0.307. The minimum absolute atomic E-state index is 0.307. The molecule has 0 spiro atoms. The highest BCUT2D eigenvalue weighted by Crippen LogP contribution is 2.22. The Balaban J connectivity index is 1.84. The highest BCUT2D eigenvalue weighted by atomic mass is 15.2. The molecule has 1 aromatic rings. The summed E-state index contributed by atoms with van der Waals surface area (Å²) in [6.45, 7) is 9.26. The number of nitrogens with zero attached hydrogens (tertiary/aromatic N) is 2. The van der Waals surface area contributed by atoms with Gasteiger partial charge in [0.05, 0.1) is 0 Å². The van der Waals surface area contributed by atoms with Crippen LogP contribution in [0.3, 0.4) is 0 Å². The van der Waals surface area contributed by atoms with Gasteiger partial charge in [0.1, 0.15) is 0 Å². The molecule has 0 saturated carbocycles. The predicted molar refractivity (Wildman–Crippen MR) is 72.2 cm³/mol. The van der Waals surface area contributed by atoms with Crippen molar-refractivity contribution in [3.05, 3.63) is 24.5 Å². The Morgan fingerprint density at radius 2 is 1.76 bits per heavy atom. The van der Waals surface area contributed by atoms with Crippen LogP contribution in [0, 0.1) is 0 Å². The number of rotatable bonds is 2. The van der Waals surface area contributed by atoms with E-state index in [0.29, 0.717) is 11.6 Å². The van der Waals surface area contributed by atoms with E-state index in [1.807, 2.05) is 24.5 Å². The maximum absolute atomic E-state index is 4.03. The Kier molecular flexibility index (Phi) is 3.67. The lowest BCUT2D eigenvalue weighted by Crippen LogP contribution is -2.48. The largest absolute Gasteiger partial charge is 0.382 e. The van der Waals surface area contributed by atoms with Gasteiger partial charge in [0, 0.05) is 42.8 Å². The van der Waals surface area contributed by atoms with E-state index in [9.17, 15) is 0 Å². The van der Waals surface area contributed by atoms with Crippen molar-refractivity contribution in [1.29, 1.82) is 0 Å². The van der Waals surface area contributed by atoms with Crippen molar-refractivity contribution in [2.75, 3.05) is 18.4 Å². The molecule has 3 nitrogen and oxygen atoms in total. The number of anilines is 1. The molecule has 0 amide bonds. The van der Waals surface area contributed by atoms with Crippen LogP contribution in [-0.2, 0) is 0 Å². The molecule has 2 heterocycles. The second-order valence-corrected chi connectivity index (χ2v) is 5.81. The number of aromatic nitrogens is 1. The molecule has 1 aromatic heterocycles. The number of nitrogens with one attached hydrogen (secondary N) is 1. The van der Waals surface area contributed by atoms with Crippen LogP contribution in [-0.4, -0.2) is 34.6 Å². The highest BCUT2D eigenvalue weighted by molar-refractivity contribution is 5.41. The highest BCUT2D eigenvalue weighted by Gasteiger charge is 2.26. The van der Waals surface area contributed by atoms with Gasteiger partial charge in [-0.25, -0.2) is 0 Å². The van der Waals surface area contributed by atoms with E-state index in [-0.39, 0.29) is 0 Å². The first-order valence-corrected chi connectivity index (χ1v) is 6.47. The van der Waals surface area contributed by atoms with E-state index < -0.39 is 0 Å². The Morgan fingerprint density at radius 3 is 2.29 bits per heavy atom. The monoisotopic (exact) mass is 233 g/mol. The zero-order valence-electron chi connectivity index (χ0n) is 11.1. The van der Waals surface area contributed by atoms with Crippen LogP contribution in [0.4, 0.5) is 5.69 Å². The van der Waals surface area contributed by atoms with Crippen LogP contribution in [0.2, 0.25) is 0 Å². The summed E-state index contributed by atoms with van der Waals surface area (Å²) in [5.41, 5.74) is 1.50. The molecule has 0 aromatic carbocycles. The molecular formula is C14H23N3. The molecule has 94 valence electrons. The summed E-state index contributed by atoms with van der Waals surface area (Å²) in [6, 6.07) is 4.68. The molecular weight excluding hydrogens is 210 g/mol. The van der Waals surface area contributed by atoms with Gasteiger partial charge in [-0.1, -0.05) is 0 Å². The van der Waals surface area contributed by atoms with Gasteiger partial charge < -0.3 is 5.32 Å². The lowest BCUT2D eigenvalue weighted by molar-refractivity contribution is 0.106. The zero-order chi connectivity index (χ0) is 12.3. The van der Waals surface area contributed by atoms with Crippen molar-refractivity contribution >= 4 is 5.69 Å². The topological polar surface area (TPSA) is 28.2 Å². The van der Waals surface area contributed by atoms with Crippen LogP contribution in [0.25, 0.3) is 0 Å². The molecule has 0 bridgehead atoms. The summed E-state index contributed by atoms with van der Waals surface area (Å²) in [4.78, 5) is 6.60. The zero-order valence-corrected chi connectivity index (χ0v) is 11.1. The van der Waals surface area contributed by atoms with E-state index in [0.717, 1.165) is 0 Å². The fourth-order valence-electron chi connectivity index (χ4n) is 2.38. The molecule has 1 fully saturated rings. The van der Waals surface area contributed by atoms with E-state index >= 15 is 0 Å². The second-order valence-electron chi connectivity index (χ2n) is 5.81. The summed E-state index contributed by atoms with van der Waals surface area (Å²) in [5.74, 6) is 0. The summed E-state index contributed by atoms with van der Waals surface area (Å²) in [7, 11) is 0. The lowest BCUT2D eigenvalue weighted by Gasteiger charge is -2.41. The number of hydrogen-bond acceptors (Lipinski definition) is 3. The van der Waals surface area contributed by atoms with Crippen molar-refractivity contribution in [3.8, 4) is 0 Å². The molecule has 0 unspecified atom stereocenters. The molecule has 3 heteroatoms. The van der Waals surface area contributed by atoms with Gasteiger partial charge >= 0.3 is 0 Å². The van der Waals surface area contributed by atoms with Crippen LogP contribution in [0.5, 0.6) is 0 Å². The van der Waals surface area contributed by atoms with Crippen LogP contribution in [0.15, 0.2) is 24.5 Å². The van der Waals surface area contributed by atoms with Crippen LogP contribution >= 0.6 is 0 Å². The van der Waals surface area contributed by atoms with E-state index in [1.165, 1.54) is 31.6 Å². The van der Waals surface area contributed by atoms with Gasteiger partial charge in [0.25, 0.3) is 0 Å². The van der Waals surface area contributed by atoms with Crippen molar-refractivity contribution in [2.24, 2.45) is 0 Å². The fourth-order valence-corrected chi connectivity index (χ4v) is 2.38. The fraction of sp³-hybridized carbons (Fsp3) is 0.643. The van der Waals surface area contributed by atoms with Crippen molar-refractivity contribution in [1.82, 2.24) is 9.88 Å². The summed E-state index contributed by atoms with van der Waals surface area (Å²) in [5, 5.41) is 3.59. The molecule has 17 heavy (non-hydrogen) atoms. The van der Waals surface area contributed by atoms with Gasteiger partial charge in [0.2, 0.25) is 0 Å². The maximum atomic E-state index is 4.03. The predicted octanol–water partition coefficient (Wildman–Crippen LogP) is 2.76. The maximum Gasteiger partial charge on any atom is 0.0373 e. The Labute approximate surface area is 104 Å². The van der Waals surface area contributed by atoms with E-state index in [2.05, 4.69) is 36.0 Å². The third kappa shape index (κ3) is 3.43. The minimum Gasteiger partial charge on any atom is -0.382 e. The molecule has 1 N–H and O–H groups in total. The summed E-state index contributed by atoms with van der Waals surface area (Å²) in [6.07, 6.45) is 6.12. The Bertz CT molecular complexity index is 334. The normalized spacial score (nSPS) is 19.2. The van der Waals surface area contributed by atoms with Gasteiger partial charge in [0.15, 0.2) is 0 Å². The van der Waals surface area contributed by atoms with Crippen molar-refractivity contribution in [3.63, 3.8) is 0 Å². The first kappa shape index (κ1) is 12.4. The quantitative estimate of drug-likeness (QED) is 0.851. The summed E-state index contributed by atoms with van der Waals surface area (Å²) >= 11 is 0. The van der Waals surface area contributed by atoms with Crippen LogP contribution < -0.4 is 5.32 Å². The average molecular weight is 233 g/mol. The second kappa shape index (κ2) is 5.05. The lowest BCUT2D eigenvalue weighted by atomic mass is 9.98. The van der Waals surface area contributed by atoms with Gasteiger partial charge in [-0.3, -0.25) is 9.88 Å². The number of piperidine rings is 1. The molecule has 2 rings (SSSR count). The molecule has 0 aliphatic carbocycles. The van der Waals surface area contributed by atoms with Crippen molar-refractivity contribution < 1.29 is 0 Å². The van der Waals surface area contributed by atoms with E-state index in [4.69, 9.17) is 0 Å². The van der Waals surface area contributed by atoms with Crippen molar-refractivity contribution in [2.45, 2.75) is 45.2 Å². The molecule has 1 saturated heterocycles. The molecule has 0 atom stereocenters. The first-order chi connectivity index (χ1) is 8.05.